The summed E-state index contributed by atoms with van der Waals surface area (Å²) >= 11 is 0. The van der Waals surface area contributed by atoms with E-state index in [-0.39, 0.29) is 34.5 Å². The molecule has 1 atom stereocenters. The Morgan fingerprint density at radius 1 is 1.16 bits per heavy atom. The molecule has 4 N–H and O–H groups in total. The summed E-state index contributed by atoms with van der Waals surface area (Å²) in [5, 5.41) is 9.83. The minimum absolute atomic E-state index is 0.0469. The lowest BCUT2D eigenvalue weighted by molar-refractivity contribution is 0.0997. The highest BCUT2D eigenvalue weighted by Gasteiger charge is 2.29. The Hall–Kier alpha value is -3.98. The lowest BCUT2D eigenvalue weighted by Crippen LogP contribution is -2.26. The number of primary amides is 1. The van der Waals surface area contributed by atoms with Crippen LogP contribution in [0.3, 0.4) is 0 Å². The highest BCUT2D eigenvalue weighted by Crippen LogP contribution is 2.27. The number of benzene rings is 2. The molecule has 1 aliphatic heterocycles. The van der Waals surface area contributed by atoms with E-state index >= 15 is 0 Å². The summed E-state index contributed by atoms with van der Waals surface area (Å²) in [5.74, 6) is -0.496. The molecule has 0 saturated carbocycles. The maximum Gasteiger partial charge on any atom is 0.328 e. The van der Waals surface area contributed by atoms with E-state index in [1.165, 1.54) is 17.7 Å². The fourth-order valence-corrected chi connectivity index (χ4v) is 4.30. The number of nitrogens with zero attached hydrogens (tertiary/aromatic N) is 4. The number of likely N-dealkylation sites (tertiary alicyclic amines) is 1. The number of amides is 1. The largest absolute Gasteiger partial charge is 0.508 e. The van der Waals surface area contributed by atoms with Gasteiger partial charge in [-0.3, -0.25) is 14.3 Å². The average Bonchev–Trinajstić information content (AvgIpc) is 3.36. The Kier molecular flexibility index (Phi) is 4.95. The number of carbonyl (C=O) groups excluding carboxylic acids is 1. The highest BCUT2D eigenvalue weighted by molar-refractivity contribution is 6.01. The van der Waals surface area contributed by atoms with Crippen molar-refractivity contribution in [2.24, 2.45) is 5.73 Å². The summed E-state index contributed by atoms with van der Waals surface area (Å²) in [6.45, 7) is 2.31. The van der Waals surface area contributed by atoms with Crippen LogP contribution in [-0.2, 0) is 6.54 Å². The third-order valence-corrected chi connectivity index (χ3v) is 5.77. The van der Waals surface area contributed by atoms with Crippen LogP contribution in [0.5, 0.6) is 5.75 Å². The number of nitrogens with one attached hydrogen (secondary N) is 1. The van der Waals surface area contributed by atoms with Crippen molar-refractivity contribution < 1.29 is 9.90 Å². The zero-order valence-electron chi connectivity index (χ0n) is 17.2. The molecule has 0 aliphatic carbocycles. The van der Waals surface area contributed by atoms with E-state index in [1.54, 1.807) is 16.7 Å². The summed E-state index contributed by atoms with van der Waals surface area (Å²) in [7, 11) is 0. The maximum absolute atomic E-state index is 12.9. The zero-order chi connectivity index (χ0) is 22.2. The molecule has 0 bridgehead atoms. The van der Waals surface area contributed by atoms with Gasteiger partial charge in [-0.05, 0) is 24.1 Å². The van der Waals surface area contributed by atoms with Crippen LogP contribution in [-0.4, -0.2) is 48.5 Å². The summed E-state index contributed by atoms with van der Waals surface area (Å²) in [4.78, 5) is 38.9. The number of aromatic amines is 1. The van der Waals surface area contributed by atoms with Gasteiger partial charge in [0.2, 0.25) is 0 Å². The molecule has 9 heteroatoms. The predicted molar refractivity (Wildman–Crippen MR) is 119 cm³/mol. The summed E-state index contributed by atoms with van der Waals surface area (Å²) in [6, 6.07) is 16.5. The monoisotopic (exact) mass is 430 g/mol. The minimum Gasteiger partial charge on any atom is -0.508 e. The van der Waals surface area contributed by atoms with Crippen LogP contribution in [0, 0.1) is 0 Å². The van der Waals surface area contributed by atoms with Gasteiger partial charge in [0.05, 0.1) is 6.04 Å². The first-order valence-electron chi connectivity index (χ1n) is 10.4. The first kappa shape index (κ1) is 20.0. The molecule has 3 heterocycles. The molecule has 0 spiro atoms. The SMILES string of the molecule is NC(=O)c1nc(-c2cccc(O)c2)nc2c1[nH]c(=O)n2C1CCN(Cc2ccccc2)C1. The number of hydrogen-bond donors (Lipinski definition) is 3. The Morgan fingerprint density at radius 3 is 2.72 bits per heavy atom. The number of imidazole rings is 1. The molecule has 2 aromatic carbocycles. The van der Waals surface area contributed by atoms with Gasteiger partial charge in [0.1, 0.15) is 11.3 Å². The molecule has 1 saturated heterocycles. The van der Waals surface area contributed by atoms with Crippen LogP contribution in [0.4, 0.5) is 0 Å². The van der Waals surface area contributed by atoms with E-state index in [9.17, 15) is 14.7 Å². The fourth-order valence-electron chi connectivity index (χ4n) is 4.30. The van der Waals surface area contributed by atoms with Crippen molar-refractivity contribution in [1.82, 2.24) is 24.4 Å². The Labute approximate surface area is 183 Å². The number of aromatic nitrogens is 4. The van der Waals surface area contributed by atoms with Crippen LogP contribution in [0.1, 0.15) is 28.5 Å². The van der Waals surface area contributed by atoms with Gasteiger partial charge >= 0.3 is 5.69 Å². The molecular weight excluding hydrogens is 408 g/mol. The Balaban J connectivity index is 1.55. The molecule has 5 rings (SSSR count). The van der Waals surface area contributed by atoms with Crippen LogP contribution < -0.4 is 11.4 Å². The van der Waals surface area contributed by atoms with E-state index < -0.39 is 5.91 Å². The molecule has 2 aromatic heterocycles. The molecule has 1 fully saturated rings. The van der Waals surface area contributed by atoms with Crippen molar-refractivity contribution in [3.8, 4) is 17.1 Å². The van der Waals surface area contributed by atoms with Crippen molar-refractivity contribution in [2.75, 3.05) is 13.1 Å². The number of aromatic hydroxyl groups is 1. The summed E-state index contributed by atoms with van der Waals surface area (Å²) < 4.78 is 1.60. The molecule has 1 aliphatic rings. The van der Waals surface area contributed by atoms with Crippen molar-refractivity contribution in [1.29, 1.82) is 0 Å². The molecule has 4 aromatic rings. The number of H-pyrrole nitrogens is 1. The lowest BCUT2D eigenvalue weighted by atomic mass is 10.2. The molecule has 9 nitrogen and oxygen atoms in total. The van der Waals surface area contributed by atoms with Crippen LogP contribution in [0.15, 0.2) is 59.4 Å². The van der Waals surface area contributed by atoms with Crippen molar-refractivity contribution in [3.05, 3.63) is 76.3 Å². The van der Waals surface area contributed by atoms with Crippen molar-refractivity contribution in [2.45, 2.75) is 19.0 Å². The lowest BCUT2D eigenvalue weighted by Gasteiger charge is -2.16. The number of phenolic OH excluding ortho intramolecular Hbond substituents is 1. The first-order chi connectivity index (χ1) is 15.5. The van der Waals surface area contributed by atoms with Crippen molar-refractivity contribution in [3.63, 3.8) is 0 Å². The van der Waals surface area contributed by atoms with Crippen LogP contribution >= 0.6 is 0 Å². The van der Waals surface area contributed by atoms with Gasteiger partial charge in [-0.1, -0.05) is 42.5 Å². The maximum atomic E-state index is 12.9. The number of hydrogen-bond acceptors (Lipinski definition) is 6. The Bertz CT molecular complexity index is 1360. The second-order valence-electron chi connectivity index (χ2n) is 7.97. The number of rotatable bonds is 5. The first-order valence-corrected chi connectivity index (χ1v) is 10.4. The quantitative estimate of drug-likeness (QED) is 0.444. The average molecular weight is 430 g/mol. The third-order valence-electron chi connectivity index (χ3n) is 5.77. The van der Waals surface area contributed by atoms with Gasteiger partial charge in [0.15, 0.2) is 17.2 Å². The molecule has 0 radical (unpaired) electrons. The molecule has 162 valence electrons. The molecule has 1 amide bonds. The van der Waals surface area contributed by atoms with Crippen LogP contribution in [0.2, 0.25) is 0 Å². The van der Waals surface area contributed by atoms with Crippen molar-refractivity contribution >= 4 is 17.1 Å². The van der Waals surface area contributed by atoms with Gasteiger partial charge in [0, 0.05) is 25.2 Å². The van der Waals surface area contributed by atoms with Crippen LogP contribution in [0.25, 0.3) is 22.6 Å². The summed E-state index contributed by atoms with van der Waals surface area (Å²) in [5.41, 5.74) is 7.45. The zero-order valence-corrected chi connectivity index (χ0v) is 17.2. The fraction of sp³-hybridized carbons (Fsp3) is 0.217. The number of fused-ring (bicyclic) bond motifs is 1. The second-order valence-corrected chi connectivity index (χ2v) is 7.97. The normalized spacial score (nSPS) is 16.6. The van der Waals surface area contributed by atoms with E-state index in [0.717, 1.165) is 19.5 Å². The van der Waals surface area contributed by atoms with Gasteiger partial charge in [-0.15, -0.1) is 0 Å². The van der Waals surface area contributed by atoms with E-state index in [2.05, 4.69) is 32.0 Å². The third kappa shape index (κ3) is 3.63. The molecular formula is C23H22N6O3. The highest BCUT2D eigenvalue weighted by atomic mass is 16.3. The van der Waals surface area contributed by atoms with E-state index in [0.29, 0.717) is 17.8 Å². The Morgan fingerprint density at radius 2 is 1.97 bits per heavy atom. The van der Waals surface area contributed by atoms with E-state index in [1.807, 2.05) is 18.2 Å². The summed E-state index contributed by atoms with van der Waals surface area (Å²) in [6.07, 6.45) is 0.775. The number of nitrogens with two attached hydrogens (primary N) is 1. The standard InChI is InChI=1S/C23H22N6O3/c24-20(31)18-19-22(27-21(25-18)15-7-4-8-17(30)11-15)29(23(32)26-19)16-9-10-28(13-16)12-14-5-2-1-3-6-14/h1-8,11,16,30H,9-10,12-13H2,(H2,24,31)(H,26,32). The predicted octanol–water partition coefficient (Wildman–Crippen LogP) is 2.04. The molecule has 1 unspecified atom stereocenters. The van der Waals surface area contributed by atoms with Gasteiger partial charge in [-0.2, -0.15) is 0 Å². The topological polar surface area (TPSA) is 130 Å². The van der Waals surface area contributed by atoms with Gasteiger partial charge in [0.25, 0.3) is 5.91 Å². The van der Waals surface area contributed by atoms with Gasteiger partial charge < -0.3 is 15.8 Å². The molecule has 32 heavy (non-hydrogen) atoms. The minimum atomic E-state index is -0.760. The van der Waals surface area contributed by atoms with Gasteiger partial charge in [-0.25, -0.2) is 14.8 Å². The van der Waals surface area contributed by atoms with E-state index in [4.69, 9.17) is 5.73 Å². The number of phenols is 1. The smallest absolute Gasteiger partial charge is 0.328 e. The number of carbonyl (C=O) groups is 1. The second kappa shape index (κ2) is 7.93.